The Morgan fingerprint density at radius 2 is 2.17 bits per heavy atom. The predicted molar refractivity (Wildman–Crippen MR) is 80.1 cm³/mol. The summed E-state index contributed by atoms with van der Waals surface area (Å²) < 4.78 is 27.7. The lowest BCUT2D eigenvalue weighted by molar-refractivity contribution is 0.233. The van der Waals surface area contributed by atoms with Gasteiger partial charge < -0.3 is 5.32 Å². The molecule has 1 saturated heterocycles. The van der Waals surface area contributed by atoms with Gasteiger partial charge in [0.25, 0.3) is 10.0 Å². The zero-order valence-corrected chi connectivity index (χ0v) is 14.1. The lowest BCUT2D eigenvalue weighted by atomic mass is 10.1. The van der Waals surface area contributed by atoms with Gasteiger partial charge in [-0.05, 0) is 41.2 Å². The average Bonchev–Trinajstić information content (AvgIpc) is 2.69. The number of sulfonamides is 1. The first-order chi connectivity index (χ1) is 7.94. The third-order valence-electron chi connectivity index (χ3n) is 3.10. The first-order valence-electron chi connectivity index (χ1n) is 5.43. The van der Waals surface area contributed by atoms with Crippen LogP contribution < -0.4 is 5.32 Å². The van der Waals surface area contributed by atoms with Crippen LogP contribution in [-0.2, 0) is 10.0 Å². The molecule has 104 valence electrons. The summed E-state index contributed by atoms with van der Waals surface area (Å²) in [5.41, 5.74) is 0. The molecule has 0 spiro atoms. The molecule has 0 radical (unpaired) electrons. The summed E-state index contributed by atoms with van der Waals surface area (Å²) in [6, 6.07) is 1.92. The van der Waals surface area contributed by atoms with Gasteiger partial charge in [-0.2, -0.15) is 4.31 Å². The van der Waals surface area contributed by atoms with Gasteiger partial charge >= 0.3 is 0 Å². The summed E-state index contributed by atoms with van der Waals surface area (Å²) in [6.07, 6.45) is 0. The van der Waals surface area contributed by atoms with Gasteiger partial charge in [0.1, 0.15) is 4.21 Å². The van der Waals surface area contributed by atoms with E-state index in [1.807, 2.05) is 13.8 Å². The molecule has 2 atom stereocenters. The van der Waals surface area contributed by atoms with Crippen LogP contribution in [0.2, 0.25) is 0 Å². The fraction of sp³-hybridized carbons (Fsp3) is 0.600. The van der Waals surface area contributed by atoms with Gasteiger partial charge in [0, 0.05) is 29.6 Å². The van der Waals surface area contributed by atoms with Gasteiger partial charge in [0.15, 0.2) is 0 Å². The standard InChI is InChI=1S/C10H15BrN2O2S2.ClH/c1-7-8(2)13(5-4-12-7)17(14,15)10-9(11)3-6-16-10;/h3,6-8,12H,4-5H2,1-2H3;1H. The van der Waals surface area contributed by atoms with E-state index in [1.54, 1.807) is 15.8 Å². The van der Waals surface area contributed by atoms with Crippen LogP contribution in [0.1, 0.15) is 13.8 Å². The van der Waals surface area contributed by atoms with Crippen molar-refractivity contribution >= 4 is 49.7 Å². The fourth-order valence-corrected chi connectivity index (χ4v) is 6.06. The molecule has 0 aromatic carbocycles. The summed E-state index contributed by atoms with van der Waals surface area (Å²) in [5, 5.41) is 5.06. The van der Waals surface area contributed by atoms with Crippen LogP contribution in [0.5, 0.6) is 0 Å². The van der Waals surface area contributed by atoms with Gasteiger partial charge in [-0.15, -0.1) is 23.7 Å². The lowest BCUT2D eigenvalue weighted by Crippen LogP contribution is -2.56. The maximum Gasteiger partial charge on any atom is 0.254 e. The van der Waals surface area contributed by atoms with Crippen LogP contribution in [-0.4, -0.2) is 37.9 Å². The number of thiophene rings is 1. The van der Waals surface area contributed by atoms with Crippen LogP contribution in [0, 0.1) is 0 Å². The number of nitrogens with one attached hydrogen (secondary N) is 1. The molecule has 0 aliphatic carbocycles. The molecule has 1 aromatic heterocycles. The molecule has 0 saturated carbocycles. The molecule has 2 heterocycles. The summed E-state index contributed by atoms with van der Waals surface area (Å²) in [4.78, 5) is 0. The molecule has 1 aromatic rings. The van der Waals surface area contributed by atoms with E-state index < -0.39 is 10.0 Å². The molecule has 0 amide bonds. The van der Waals surface area contributed by atoms with Crippen molar-refractivity contribution < 1.29 is 8.42 Å². The number of piperazine rings is 1. The molecule has 2 rings (SSSR count). The molecule has 2 unspecified atom stereocenters. The van der Waals surface area contributed by atoms with Gasteiger partial charge in [-0.1, -0.05) is 0 Å². The SMILES string of the molecule is CC1NCCN(S(=O)(=O)c2sccc2Br)C1C.Cl. The molecule has 1 N–H and O–H groups in total. The fourth-order valence-electron chi connectivity index (χ4n) is 1.94. The van der Waals surface area contributed by atoms with Crippen molar-refractivity contribution in [2.75, 3.05) is 13.1 Å². The number of hydrogen-bond donors (Lipinski definition) is 1. The highest BCUT2D eigenvalue weighted by Gasteiger charge is 2.35. The topological polar surface area (TPSA) is 49.4 Å². The van der Waals surface area contributed by atoms with Crippen molar-refractivity contribution in [3.8, 4) is 0 Å². The van der Waals surface area contributed by atoms with E-state index in [0.29, 0.717) is 21.8 Å². The molecular formula is C10H16BrClN2O2S2. The van der Waals surface area contributed by atoms with E-state index in [-0.39, 0.29) is 24.5 Å². The number of nitrogens with zero attached hydrogens (tertiary/aromatic N) is 1. The minimum absolute atomic E-state index is 0. The van der Waals surface area contributed by atoms with Gasteiger partial charge in [-0.25, -0.2) is 8.42 Å². The zero-order valence-electron chi connectivity index (χ0n) is 10.1. The maximum absolute atomic E-state index is 12.5. The maximum atomic E-state index is 12.5. The van der Waals surface area contributed by atoms with Gasteiger partial charge in [0.2, 0.25) is 0 Å². The van der Waals surface area contributed by atoms with Crippen LogP contribution >= 0.6 is 39.7 Å². The van der Waals surface area contributed by atoms with E-state index in [0.717, 1.165) is 0 Å². The van der Waals surface area contributed by atoms with Crippen LogP contribution in [0.25, 0.3) is 0 Å². The Morgan fingerprint density at radius 1 is 1.50 bits per heavy atom. The third kappa shape index (κ3) is 2.91. The van der Waals surface area contributed by atoms with E-state index >= 15 is 0 Å². The van der Waals surface area contributed by atoms with E-state index in [2.05, 4.69) is 21.2 Å². The van der Waals surface area contributed by atoms with Gasteiger partial charge in [-0.3, -0.25) is 0 Å². The monoisotopic (exact) mass is 374 g/mol. The summed E-state index contributed by atoms with van der Waals surface area (Å²) in [6.45, 7) is 5.18. The summed E-state index contributed by atoms with van der Waals surface area (Å²) in [7, 11) is -3.37. The highest BCUT2D eigenvalue weighted by molar-refractivity contribution is 9.10. The number of halogens is 2. The Hall–Kier alpha value is 0.340. The highest BCUT2D eigenvalue weighted by atomic mass is 79.9. The second kappa shape index (κ2) is 6.19. The minimum atomic E-state index is -3.37. The normalized spacial score (nSPS) is 25.7. The Labute approximate surface area is 126 Å². The first kappa shape index (κ1) is 16.4. The largest absolute Gasteiger partial charge is 0.311 e. The van der Waals surface area contributed by atoms with E-state index in [9.17, 15) is 8.42 Å². The van der Waals surface area contributed by atoms with E-state index in [4.69, 9.17) is 0 Å². The minimum Gasteiger partial charge on any atom is -0.311 e. The van der Waals surface area contributed by atoms with Crippen LogP contribution in [0.15, 0.2) is 20.1 Å². The Bertz CT molecular complexity index is 506. The molecule has 8 heteroatoms. The van der Waals surface area contributed by atoms with Crippen molar-refractivity contribution in [1.29, 1.82) is 0 Å². The van der Waals surface area contributed by atoms with E-state index in [1.165, 1.54) is 11.3 Å². The zero-order chi connectivity index (χ0) is 12.6. The predicted octanol–water partition coefficient (Wildman–Crippen LogP) is 2.30. The van der Waals surface area contributed by atoms with Crippen molar-refractivity contribution in [1.82, 2.24) is 9.62 Å². The Kier molecular flexibility index (Phi) is 5.64. The Balaban J connectivity index is 0.00000162. The summed E-state index contributed by atoms with van der Waals surface area (Å²) in [5.74, 6) is 0. The molecule has 0 bridgehead atoms. The Morgan fingerprint density at radius 3 is 2.72 bits per heavy atom. The van der Waals surface area contributed by atoms with Gasteiger partial charge in [0.05, 0.1) is 0 Å². The second-order valence-corrected chi connectivity index (χ2v) is 8.01. The van der Waals surface area contributed by atoms with Crippen LogP contribution in [0.4, 0.5) is 0 Å². The van der Waals surface area contributed by atoms with Crippen molar-refractivity contribution in [3.05, 3.63) is 15.9 Å². The molecule has 18 heavy (non-hydrogen) atoms. The number of rotatable bonds is 2. The third-order valence-corrected chi connectivity index (χ3v) is 7.74. The van der Waals surface area contributed by atoms with Crippen molar-refractivity contribution in [2.45, 2.75) is 30.1 Å². The lowest BCUT2D eigenvalue weighted by Gasteiger charge is -2.37. The molecule has 1 aliphatic rings. The van der Waals surface area contributed by atoms with Crippen LogP contribution in [0.3, 0.4) is 0 Å². The number of hydrogen-bond acceptors (Lipinski definition) is 4. The van der Waals surface area contributed by atoms with Crippen molar-refractivity contribution in [2.24, 2.45) is 0 Å². The molecule has 1 fully saturated rings. The smallest absolute Gasteiger partial charge is 0.254 e. The molecular weight excluding hydrogens is 360 g/mol. The van der Waals surface area contributed by atoms with Crippen molar-refractivity contribution in [3.63, 3.8) is 0 Å². The quantitative estimate of drug-likeness (QED) is 0.863. The summed E-state index contributed by atoms with van der Waals surface area (Å²) >= 11 is 4.55. The average molecular weight is 376 g/mol. The molecule has 1 aliphatic heterocycles. The highest BCUT2D eigenvalue weighted by Crippen LogP contribution is 2.31. The first-order valence-corrected chi connectivity index (χ1v) is 8.54. The molecule has 4 nitrogen and oxygen atoms in total. The second-order valence-electron chi connectivity index (χ2n) is 4.16.